The average Bonchev–Trinajstić information content (AvgIpc) is 2.66. The van der Waals surface area contributed by atoms with E-state index in [1.165, 1.54) is 7.11 Å². The summed E-state index contributed by atoms with van der Waals surface area (Å²) in [6.45, 7) is 1.94. The lowest BCUT2D eigenvalue weighted by atomic mass is 10.0. The molecule has 0 saturated carbocycles. The summed E-state index contributed by atoms with van der Waals surface area (Å²) in [5.74, 6) is -0.907. The number of hydrogen-bond donors (Lipinski definition) is 1. The summed E-state index contributed by atoms with van der Waals surface area (Å²) >= 11 is 0. The lowest BCUT2D eigenvalue weighted by Crippen LogP contribution is -2.19. The highest BCUT2D eigenvalue weighted by molar-refractivity contribution is 5.96. The molecule has 1 amide bonds. The number of hydrogen-bond acceptors (Lipinski definition) is 5. The summed E-state index contributed by atoms with van der Waals surface area (Å²) in [6.07, 6.45) is 1.01. The summed E-state index contributed by atoms with van der Waals surface area (Å²) in [7, 11) is 1.32. The van der Waals surface area contributed by atoms with Crippen LogP contribution in [0.2, 0.25) is 0 Å². The van der Waals surface area contributed by atoms with Crippen LogP contribution in [0, 0.1) is 6.92 Å². The zero-order valence-electron chi connectivity index (χ0n) is 14.6. The summed E-state index contributed by atoms with van der Waals surface area (Å²) < 4.78 is 10.1. The van der Waals surface area contributed by atoms with E-state index in [0.29, 0.717) is 24.0 Å². The van der Waals surface area contributed by atoms with Crippen molar-refractivity contribution >= 4 is 23.5 Å². The molecule has 0 fully saturated rings. The van der Waals surface area contributed by atoms with E-state index in [-0.39, 0.29) is 12.5 Å². The van der Waals surface area contributed by atoms with Crippen LogP contribution >= 0.6 is 0 Å². The van der Waals surface area contributed by atoms with E-state index in [1.807, 2.05) is 6.92 Å². The van der Waals surface area contributed by atoms with Crippen LogP contribution in [-0.2, 0) is 27.3 Å². The second kappa shape index (κ2) is 7.39. The molecule has 26 heavy (non-hydrogen) atoms. The Morgan fingerprint density at radius 2 is 1.77 bits per heavy atom. The van der Waals surface area contributed by atoms with Gasteiger partial charge in [0.1, 0.15) is 6.61 Å². The first-order valence-corrected chi connectivity index (χ1v) is 8.25. The zero-order chi connectivity index (χ0) is 18.7. The molecule has 0 bridgehead atoms. The number of carbonyl (C=O) groups excluding carboxylic acids is 3. The Morgan fingerprint density at radius 1 is 1.04 bits per heavy atom. The maximum absolute atomic E-state index is 12.4. The van der Waals surface area contributed by atoms with E-state index < -0.39 is 11.9 Å². The van der Waals surface area contributed by atoms with E-state index in [2.05, 4.69) is 5.32 Å². The van der Waals surface area contributed by atoms with Gasteiger partial charge in [-0.1, -0.05) is 6.07 Å². The van der Waals surface area contributed by atoms with Gasteiger partial charge in [0.05, 0.1) is 18.2 Å². The molecule has 2 aromatic carbocycles. The van der Waals surface area contributed by atoms with E-state index in [1.54, 1.807) is 36.4 Å². The molecule has 6 heteroatoms. The number of esters is 2. The zero-order valence-corrected chi connectivity index (χ0v) is 14.6. The van der Waals surface area contributed by atoms with E-state index in [0.717, 1.165) is 22.4 Å². The second-order valence-corrected chi connectivity index (χ2v) is 6.13. The Kier molecular flexibility index (Phi) is 5.02. The maximum atomic E-state index is 12.4. The van der Waals surface area contributed by atoms with Gasteiger partial charge in [0.2, 0.25) is 5.91 Å². The number of aryl methyl sites for hydroxylation is 2. The standard InChI is InChI=1S/C20H19NO5/c1-12-3-4-14(19(23)25-2)10-16(12)11-26-20(24)15-5-7-17-13(9-15)6-8-18(22)21-17/h3-5,7,9-10H,6,8,11H2,1-2H3,(H,21,22). The maximum Gasteiger partial charge on any atom is 0.338 e. The normalized spacial score (nSPS) is 12.8. The SMILES string of the molecule is COC(=O)c1ccc(C)c(COC(=O)c2ccc3c(c2)CCC(=O)N3)c1. The van der Waals surface area contributed by atoms with Gasteiger partial charge in [0, 0.05) is 12.1 Å². The molecule has 3 rings (SSSR count). The van der Waals surface area contributed by atoms with Gasteiger partial charge in [0.15, 0.2) is 0 Å². The molecule has 0 atom stereocenters. The van der Waals surface area contributed by atoms with Crippen LogP contribution in [0.4, 0.5) is 5.69 Å². The van der Waals surface area contributed by atoms with E-state index in [4.69, 9.17) is 9.47 Å². The predicted molar refractivity (Wildman–Crippen MR) is 95.0 cm³/mol. The Morgan fingerprint density at radius 3 is 2.54 bits per heavy atom. The number of rotatable bonds is 4. The van der Waals surface area contributed by atoms with Crippen LogP contribution in [-0.4, -0.2) is 25.0 Å². The molecular weight excluding hydrogens is 334 g/mol. The van der Waals surface area contributed by atoms with Crippen molar-refractivity contribution in [3.8, 4) is 0 Å². The lowest BCUT2D eigenvalue weighted by molar-refractivity contribution is -0.116. The van der Waals surface area contributed by atoms with Crippen molar-refractivity contribution in [2.75, 3.05) is 12.4 Å². The second-order valence-electron chi connectivity index (χ2n) is 6.13. The van der Waals surface area contributed by atoms with Crippen molar-refractivity contribution in [2.45, 2.75) is 26.4 Å². The van der Waals surface area contributed by atoms with Crippen LogP contribution in [0.25, 0.3) is 0 Å². The molecule has 0 aliphatic carbocycles. The number of nitrogens with one attached hydrogen (secondary N) is 1. The molecule has 0 radical (unpaired) electrons. The molecule has 1 N–H and O–H groups in total. The summed E-state index contributed by atoms with van der Waals surface area (Å²) in [5.41, 5.74) is 4.16. The van der Waals surface area contributed by atoms with Crippen molar-refractivity contribution in [3.05, 3.63) is 64.2 Å². The molecule has 1 heterocycles. The first kappa shape index (κ1) is 17.7. The highest BCUT2D eigenvalue weighted by Crippen LogP contribution is 2.24. The van der Waals surface area contributed by atoms with Gasteiger partial charge in [-0.25, -0.2) is 9.59 Å². The number of fused-ring (bicyclic) bond motifs is 1. The highest BCUT2D eigenvalue weighted by Gasteiger charge is 2.17. The van der Waals surface area contributed by atoms with Gasteiger partial charge < -0.3 is 14.8 Å². The monoisotopic (exact) mass is 353 g/mol. The van der Waals surface area contributed by atoms with Crippen LogP contribution < -0.4 is 5.32 Å². The Labute approximate surface area is 151 Å². The first-order valence-electron chi connectivity index (χ1n) is 8.25. The Balaban J connectivity index is 1.71. The quantitative estimate of drug-likeness (QED) is 0.855. The molecule has 0 unspecified atom stereocenters. The van der Waals surface area contributed by atoms with Gasteiger partial charge in [-0.2, -0.15) is 0 Å². The van der Waals surface area contributed by atoms with Crippen molar-refractivity contribution in [3.63, 3.8) is 0 Å². The summed E-state index contributed by atoms with van der Waals surface area (Å²) in [6, 6.07) is 10.2. The van der Waals surface area contributed by atoms with Gasteiger partial charge in [-0.05, 0) is 60.4 Å². The summed E-state index contributed by atoms with van der Waals surface area (Å²) in [5, 5.41) is 2.78. The third-order valence-corrected chi connectivity index (χ3v) is 4.37. The number of benzene rings is 2. The molecule has 0 saturated heterocycles. The largest absolute Gasteiger partial charge is 0.465 e. The average molecular weight is 353 g/mol. The fraction of sp³-hybridized carbons (Fsp3) is 0.250. The van der Waals surface area contributed by atoms with E-state index >= 15 is 0 Å². The molecule has 6 nitrogen and oxygen atoms in total. The van der Waals surface area contributed by atoms with Crippen LogP contribution in [0.5, 0.6) is 0 Å². The van der Waals surface area contributed by atoms with Gasteiger partial charge >= 0.3 is 11.9 Å². The van der Waals surface area contributed by atoms with Gasteiger partial charge in [0.25, 0.3) is 0 Å². The smallest absolute Gasteiger partial charge is 0.338 e. The van der Waals surface area contributed by atoms with Crippen LogP contribution in [0.15, 0.2) is 36.4 Å². The Bertz CT molecular complexity index is 888. The first-order chi connectivity index (χ1) is 12.5. The fourth-order valence-electron chi connectivity index (χ4n) is 2.81. The number of ether oxygens (including phenoxy) is 2. The van der Waals surface area contributed by atoms with Crippen molar-refractivity contribution in [1.29, 1.82) is 0 Å². The predicted octanol–water partition coefficient (Wildman–Crippen LogP) is 3.02. The third-order valence-electron chi connectivity index (χ3n) is 4.37. The van der Waals surface area contributed by atoms with Crippen molar-refractivity contribution < 1.29 is 23.9 Å². The number of amides is 1. The van der Waals surface area contributed by atoms with Crippen LogP contribution in [0.3, 0.4) is 0 Å². The lowest BCUT2D eigenvalue weighted by Gasteiger charge is -2.17. The molecule has 1 aliphatic heterocycles. The number of anilines is 1. The Hall–Kier alpha value is -3.15. The molecule has 134 valence electrons. The number of methoxy groups -OCH3 is 1. The van der Waals surface area contributed by atoms with Crippen molar-refractivity contribution in [2.24, 2.45) is 0 Å². The fourth-order valence-corrected chi connectivity index (χ4v) is 2.81. The minimum absolute atomic E-state index is 0.0196. The van der Waals surface area contributed by atoms with E-state index in [9.17, 15) is 14.4 Å². The molecule has 2 aromatic rings. The summed E-state index contributed by atoms with van der Waals surface area (Å²) in [4.78, 5) is 35.4. The molecular formula is C20H19NO5. The van der Waals surface area contributed by atoms with Gasteiger partial charge in [-0.3, -0.25) is 4.79 Å². The molecule has 0 aromatic heterocycles. The number of carbonyl (C=O) groups is 3. The minimum atomic E-state index is -0.451. The molecule has 0 spiro atoms. The highest BCUT2D eigenvalue weighted by atomic mass is 16.5. The topological polar surface area (TPSA) is 81.7 Å². The van der Waals surface area contributed by atoms with Gasteiger partial charge in [-0.15, -0.1) is 0 Å². The minimum Gasteiger partial charge on any atom is -0.465 e. The molecule has 1 aliphatic rings. The van der Waals surface area contributed by atoms with Crippen LogP contribution in [0.1, 0.15) is 43.8 Å². The van der Waals surface area contributed by atoms with Crippen molar-refractivity contribution in [1.82, 2.24) is 0 Å². The third kappa shape index (κ3) is 3.74.